The number of hydrogen-bond acceptors (Lipinski definition) is 25. The van der Waals surface area contributed by atoms with E-state index in [0.717, 1.165) is 23.1 Å². The number of carboxylic acids is 2. The normalized spacial score (nSPS) is 14.3. The second-order valence-electron chi connectivity index (χ2n) is 28.6. The molecule has 0 saturated carbocycles. The number of sulfonamides is 5. The molecule has 646 valence electrons. The van der Waals surface area contributed by atoms with E-state index < -0.39 is 242 Å². The highest BCUT2D eigenvalue weighted by atomic mass is 32.2. The summed E-state index contributed by atoms with van der Waals surface area (Å²) in [5.41, 5.74) is 12.6. The molecule has 6 amide bonds. The highest BCUT2D eigenvalue weighted by molar-refractivity contribution is 7.89. The van der Waals surface area contributed by atoms with Crippen LogP contribution in [0.2, 0.25) is 0 Å². The summed E-state index contributed by atoms with van der Waals surface area (Å²) in [5.74, 6) is -10.9. The van der Waals surface area contributed by atoms with Crippen LogP contribution in [0.5, 0.6) is 23.0 Å². The van der Waals surface area contributed by atoms with Gasteiger partial charge in [0.05, 0.1) is 80.7 Å². The molecule has 0 bridgehead atoms. The maximum Gasteiger partial charge on any atom is 0.336 e. The van der Waals surface area contributed by atoms with Gasteiger partial charge in [-0.15, -0.1) is 0 Å². The van der Waals surface area contributed by atoms with Gasteiger partial charge in [-0.3, -0.25) is 39.0 Å². The molecule has 4 rings (SSSR count). The zero-order valence-corrected chi connectivity index (χ0v) is 70.5. The summed E-state index contributed by atoms with van der Waals surface area (Å²) in [6.07, 6.45) is -0.515. The third kappa shape index (κ3) is 34.2. The number of aromatic hydroxyl groups is 2. The van der Waals surface area contributed by atoms with Crippen LogP contribution in [0, 0.1) is 17.2 Å². The number of aliphatic carboxylic acids is 1. The third-order valence-corrected chi connectivity index (χ3v) is 25.3. The van der Waals surface area contributed by atoms with Crippen LogP contribution in [-0.4, -0.2) is 306 Å². The summed E-state index contributed by atoms with van der Waals surface area (Å²) in [4.78, 5) is 106. The summed E-state index contributed by atoms with van der Waals surface area (Å²) in [5, 5.41) is 82.0. The van der Waals surface area contributed by atoms with Crippen molar-refractivity contribution >= 4 is 126 Å². The molecule has 1 heterocycles. The van der Waals surface area contributed by atoms with E-state index >= 15 is 0 Å². The van der Waals surface area contributed by atoms with E-state index in [-0.39, 0.29) is 90.5 Å². The van der Waals surface area contributed by atoms with E-state index in [2.05, 4.69) is 47.9 Å². The number of amides is 6. The zero-order chi connectivity index (χ0) is 86.8. The number of nitrogens with one attached hydrogen (secondary N) is 10. The first-order valence-electron chi connectivity index (χ1n) is 36.2. The van der Waals surface area contributed by atoms with Gasteiger partial charge in [0.1, 0.15) is 23.0 Å². The predicted molar refractivity (Wildman–Crippen MR) is 430 cm³/mol. The lowest BCUT2D eigenvalue weighted by molar-refractivity contribution is -0.137. The number of hydrogen-bond donors (Lipinski definition) is 17. The lowest BCUT2D eigenvalue weighted by Crippen LogP contribution is -2.56. The van der Waals surface area contributed by atoms with Gasteiger partial charge in [0.2, 0.25) is 85.6 Å². The molecule has 1 unspecified atom stereocenters. The van der Waals surface area contributed by atoms with E-state index in [1.165, 1.54) is 51.2 Å². The predicted octanol–water partition coefficient (Wildman–Crippen LogP) is -2.83. The quantitative estimate of drug-likeness (QED) is 0.00917. The molecule has 3 aromatic carbocycles. The summed E-state index contributed by atoms with van der Waals surface area (Å²) in [7, 11) is -20.5. The van der Waals surface area contributed by atoms with Crippen LogP contribution in [-0.2, 0) is 83.7 Å². The number of likely N-dealkylation sites (N-methyl/N-ethyl adjacent to an activating group) is 1. The number of guanidine groups is 1. The molecule has 1 aliphatic heterocycles. The van der Waals surface area contributed by atoms with Crippen molar-refractivity contribution in [3.8, 4) is 23.0 Å². The molecule has 3 aromatic rings. The maximum absolute atomic E-state index is 14.1. The van der Waals surface area contributed by atoms with E-state index in [1.54, 1.807) is 52.0 Å². The monoisotopic (exact) mass is 1740 g/mol. The number of carbonyl (C=O) groups excluding carboxylic acids is 6. The van der Waals surface area contributed by atoms with Crippen molar-refractivity contribution in [2.45, 2.75) is 122 Å². The van der Waals surface area contributed by atoms with E-state index in [1.807, 2.05) is 0 Å². The molecule has 41 nitrogen and oxygen atoms in total. The minimum absolute atomic E-state index is 0.000796. The third-order valence-electron chi connectivity index (χ3n) is 17.4. The number of phenolic OH excluding ortho intramolecular Hbond substituents is 2. The molecule has 47 heteroatoms. The van der Waals surface area contributed by atoms with Crippen molar-refractivity contribution in [1.82, 2.24) is 64.1 Å². The molecular weight excluding hydrogens is 1630 g/mol. The number of rotatable bonds is 50. The van der Waals surface area contributed by atoms with Gasteiger partial charge in [-0.2, -0.15) is 21.5 Å². The van der Waals surface area contributed by atoms with Crippen molar-refractivity contribution in [3.05, 3.63) is 76.9 Å². The number of aliphatic hydroxyl groups excluding tert-OH is 1. The van der Waals surface area contributed by atoms with Crippen LogP contribution in [0.1, 0.15) is 113 Å². The second kappa shape index (κ2) is 44.5. The van der Waals surface area contributed by atoms with E-state index in [9.17, 15) is 106 Å². The maximum atomic E-state index is 14.1. The number of benzene rings is 3. The average molecular weight is 1740 g/mol. The van der Waals surface area contributed by atoms with Crippen LogP contribution >= 0.6 is 12.2 Å². The SMILES string of the molecule is CNC(=O)CN(C[C@@H](NC(=O)CN(C[C@H](CC(C)C)NC(=O)CN(C[C@H](CCCNC(=N)N)NC(=O)CN(C[C@H](C)NC(=O)CN(C[C@H](CCC(=O)O)NC(=O)CCNC(=S)Nc1ccc(C2c3ccc(O)cc3Oc3cc(O)ccc32)c(C(=O)O)c1)S(C)(=O)=O)S(C)(=O)=O)S(C)(=O)=O)S(=O)(=O)CCN)C(C)O)S(=O)(=O)CC(C)C. The van der Waals surface area contributed by atoms with Crippen LogP contribution in [0.15, 0.2) is 54.6 Å². The number of carboxylic acid groups (broad SMARTS) is 2. The van der Waals surface area contributed by atoms with Gasteiger partial charge in [0.25, 0.3) is 0 Å². The number of thiocarbonyl (C=S) groups is 1. The molecule has 0 saturated heterocycles. The molecular formula is C68H109N17O24S6. The van der Waals surface area contributed by atoms with Crippen molar-refractivity contribution in [3.63, 3.8) is 0 Å². The Morgan fingerprint density at radius 1 is 0.557 bits per heavy atom. The van der Waals surface area contributed by atoms with Crippen LogP contribution < -0.4 is 64.1 Å². The number of aromatic carboxylic acids is 1. The first-order chi connectivity index (χ1) is 53.3. The minimum atomic E-state index is -4.46. The van der Waals surface area contributed by atoms with Gasteiger partial charge in [-0.1, -0.05) is 45.9 Å². The Bertz CT molecular complexity index is 4490. The fraction of sp³-hybridized carbons (Fsp3) is 0.588. The van der Waals surface area contributed by atoms with Gasteiger partial charge in [-0.05, 0) is 93.4 Å². The molecule has 0 aliphatic carbocycles. The topological polar surface area (TPSA) is 618 Å². The van der Waals surface area contributed by atoms with Gasteiger partial charge in [0.15, 0.2) is 11.1 Å². The fourth-order valence-corrected chi connectivity index (χ4v) is 17.8. The molecule has 0 aromatic heterocycles. The Morgan fingerprint density at radius 3 is 1.51 bits per heavy atom. The Balaban J connectivity index is 1.46. The number of aliphatic hydroxyl groups is 1. The van der Waals surface area contributed by atoms with Gasteiger partial charge < -0.3 is 89.6 Å². The number of nitrogens with two attached hydrogens (primary N) is 2. The number of anilines is 1. The standard InChI is InChI=1S/C68H109N17O24S6/c1-41(2)26-48(33-84(114(105,106)25-22-69)39-63(94)80-55(44(6)86)34-85(35-59(90)72-7)115(107,108)40-42(3)4)78-62(93)38-82(112(9,101)102)31-46(12-11-23-73-67(70)71)77-61(92)37-81(111(8,99)100)30-43(5)75-60(91)36-83(113(10,103)104)32-47(14-20-64(95)96)76-58(89)21-24-74-68(110)79-45-13-17-51(54(27-45)66(97)98)65-52-18-15-49(87)28-56(52)109-57-29-50(88)16-19-53(57)65/h13,15-19,27-29,41-44,46-48,55,65,86-88H,11-12,14,20-26,30-40,69H2,1-10H3,(H,72,90)(H,75,91)(H,76,89)(H,77,92)(H,78,93)(H,80,94)(H,95,96)(H,97,98)(H4,70,71,73)(H2,74,79,110)/t43-,44?,46-,47-,48-,55+/m0/s1. The lowest BCUT2D eigenvalue weighted by atomic mass is 9.80. The smallest absolute Gasteiger partial charge is 0.336 e. The number of nitrogens with zero attached hydrogens (tertiary/aromatic N) is 5. The molecule has 0 radical (unpaired) electrons. The van der Waals surface area contributed by atoms with Crippen molar-refractivity contribution in [1.29, 1.82) is 5.41 Å². The molecule has 0 spiro atoms. The Hall–Kier alpha value is -8.75. The number of ether oxygens (including phenoxy) is 1. The highest BCUT2D eigenvalue weighted by Crippen LogP contribution is 2.50. The molecule has 115 heavy (non-hydrogen) atoms. The first-order valence-corrected chi connectivity index (χ1v) is 45.4. The van der Waals surface area contributed by atoms with Crippen molar-refractivity contribution in [2.75, 3.05) is 128 Å². The van der Waals surface area contributed by atoms with Gasteiger partial charge >= 0.3 is 11.9 Å². The summed E-state index contributed by atoms with van der Waals surface area (Å²) < 4.78 is 144. The molecule has 6 atom stereocenters. The zero-order valence-electron chi connectivity index (χ0n) is 65.6. The summed E-state index contributed by atoms with van der Waals surface area (Å²) >= 11 is 5.44. The highest BCUT2D eigenvalue weighted by Gasteiger charge is 2.37. The Morgan fingerprint density at radius 2 is 1.03 bits per heavy atom. The van der Waals surface area contributed by atoms with Gasteiger partial charge in [0, 0.05) is 131 Å². The first kappa shape index (κ1) is 98.6. The molecule has 0 fully saturated rings. The minimum Gasteiger partial charge on any atom is -0.508 e. The van der Waals surface area contributed by atoms with E-state index in [0.29, 0.717) is 33.9 Å². The lowest BCUT2D eigenvalue weighted by Gasteiger charge is -2.31. The number of carbonyl (C=O) groups is 8. The average Bonchev–Trinajstić information content (AvgIpc) is 0.747. The summed E-state index contributed by atoms with van der Waals surface area (Å²) in [6.45, 7) is 0.935. The van der Waals surface area contributed by atoms with Crippen LogP contribution in [0.25, 0.3) is 0 Å². The second-order valence-corrected chi connectivity index (χ2v) is 39.1. The molecule has 1 aliphatic rings. The van der Waals surface area contributed by atoms with Crippen molar-refractivity contribution in [2.24, 2.45) is 23.3 Å². The van der Waals surface area contributed by atoms with Crippen LogP contribution in [0.3, 0.4) is 0 Å². The van der Waals surface area contributed by atoms with Crippen LogP contribution in [0.4, 0.5) is 5.69 Å². The Labute approximate surface area is 675 Å². The fourth-order valence-electron chi connectivity index (χ4n) is 12.1. The number of fused-ring (bicyclic) bond motifs is 2. The van der Waals surface area contributed by atoms with Crippen molar-refractivity contribution < 1.29 is 111 Å². The summed E-state index contributed by atoms with van der Waals surface area (Å²) in [6, 6.07) is 6.96. The van der Waals surface area contributed by atoms with Gasteiger partial charge in [-0.25, -0.2) is 46.9 Å². The number of phenols is 2. The van der Waals surface area contributed by atoms with E-state index in [4.69, 9.17) is 33.8 Å². The Kier molecular flexibility index (Phi) is 38.2. The largest absolute Gasteiger partial charge is 0.508 e. The molecule has 19 N–H and O–H groups in total.